The fourth-order valence-corrected chi connectivity index (χ4v) is 2.92. The summed E-state index contributed by atoms with van der Waals surface area (Å²) in [5.41, 5.74) is 1.16. The molecular weight excluding hydrogens is 252 g/mol. The van der Waals surface area contributed by atoms with Crippen LogP contribution in [0.2, 0.25) is 5.15 Å². The third kappa shape index (κ3) is 2.15. The molecule has 1 saturated heterocycles. The molecule has 2 aliphatic rings. The van der Waals surface area contributed by atoms with Gasteiger partial charge in [-0.05, 0) is 19.9 Å². The van der Waals surface area contributed by atoms with Gasteiger partial charge in [-0.25, -0.2) is 4.98 Å². The van der Waals surface area contributed by atoms with Gasteiger partial charge in [0.1, 0.15) is 5.15 Å². The standard InChI is InChI=1S/C13H17ClN2O2/c1-8-6-16(7-9(2)18-8)13-12-10(3-4-17-12)5-11(14)15-13/h5,8-9H,3-4,6-7H2,1-2H3/t8-,9+. The smallest absolute Gasteiger partial charge is 0.173 e. The first-order valence-electron chi connectivity index (χ1n) is 6.36. The van der Waals surface area contributed by atoms with Gasteiger partial charge in [-0.3, -0.25) is 0 Å². The van der Waals surface area contributed by atoms with Crippen molar-refractivity contribution in [1.82, 2.24) is 4.98 Å². The maximum Gasteiger partial charge on any atom is 0.173 e. The summed E-state index contributed by atoms with van der Waals surface area (Å²) < 4.78 is 11.4. The molecule has 3 heterocycles. The summed E-state index contributed by atoms with van der Waals surface area (Å²) in [4.78, 5) is 6.67. The molecule has 1 fully saturated rings. The molecule has 98 valence electrons. The van der Waals surface area contributed by atoms with E-state index in [0.29, 0.717) is 5.15 Å². The minimum Gasteiger partial charge on any atom is -0.489 e. The molecule has 0 unspecified atom stereocenters. The summed E-state index contributed by atoms with van der Waals surface area (Å²) >= 11 is 6.10. The minimum atomic E-state index is 0.201. The number of fused-ring (bicyclic) bond motifs is 1. The number of ether oxygens (including phenoxy) is 2. The van der Waals surface area contributed by atoms with Crippen molar-refractivity contribution in [3.05, 3.63) is 16.8 Å². The summed E-state index contributed by atoms with van der Waals surface area (Å²) in [5, 5.41) is 0.543. The first-order valence-corrected chi connectivity index (χ1v) is 6.74. The second-order valence-electron chi connectivity index (χ2n) is 5.02. The summed E-state index contributed by atoms with van der Waals surface area (Å²) in [5.74, 6) is 1.78. The van der Waals surface area contributed by atoms with Crippen LogP contribution in [0.25, 0.3) is 0 Å². The Morgan fingerprint density at radius 1 is 1.33 bits per heavy atom. The van der Waals surface area contributed by atoms with Crippen molar-refractivity contribution in [3.63, 3.8) is 0 Å². The van der Waals surface area contributed by atoms with E-state index >= 15 is 0 Å². The first kappa shape index (κ1) is 12.1. The number of halogens is 1. The van der Waals surface area contributed by atoms with Gasteiger partial charge >= 0.3 is 0 Å². The number of rotatable bonds is 1. The lowest BCUT2D eigenvalue weighted by molar-refractivity contribution is -0.00557. The Kier molecular flexibility index (Phi) is 3.08. The number of morpholine rings is 1. The molecule has 1 aromatic rings. The molecule has 0 bridgehead atoms. The molecule has 0 radical (unpaired) electrons. The molecule has 1 aromatic heterocycles. The highest BCUT2D eigenvalue weighted by Crippen LogP contribution is 2.37. The van der Waals surface area contributed by atoms with Crippen LogP contribution in [0.5, 0.6) is 5.75 Å². The molecule has 0 spiro atoms. The van der Waals surface area contributed by atoms with E-state index in [1.807, 2.05) is 6.07 Å². The van der Waals surface area contributed by atoms with E-state index in [9.17, 15) is 0 Å². The number of hydrogen-bond donors (Lipinski definition) is 0. The van der Waals surface area contributed by atoms with Gasteiger partial charge in [0.2, 0.25) is 0 Å². The van der Waals surface area contributed by atoms with Crippen molar-refractivity contribution in [2.24, 2.45) is 0 Å². The van der Waals surface area contributed by atoms with Gasteiger partial charge in [0, 0.05) is 25.1 Å². The molecule has 18 heavy (non-hydrogen) atoms. The highest BCUT2D eigenvalue weighted by atomic mass is 35.5. The molecule has 0 aromatic carbocycles. The third-order valence-corrected chi connectivity index (χ3v) is 3.53. The van der Waals surface area contributed by atoms with Gasteiger partial charge in [-0.15, -0.1) is 0 Å². The molecule has 0 N–H and O–H groups in total. The Balaban J connectivity index is 1.96. The summed E-state index contributed by atoms with van der Waals surface area (Å²) in [7, 11) is 0. The monoisotopic (exact) mass is 268 g/mol. The van der Waals surface area contributed by atoms with Crippen LogP contribution >= 0.6 is 11.6 Å². The van der Waals surface area contributed by atoms with Gasteiger partial charge in [0.15, 0.2) is 11.6 Å². The van der Waals surface area contributed by atoms with Crippen LogP contribution in [-0.4, -0.2) is 36.9 Å². The number of hydrogen-bond acceptors (Lipinski definition) is 4. The molecule has 2 atom stereocenters. The van der Waals surface area contributed by atoms with Gasteiger partial charge in [-0.1, -0.05) is 11.6 Å². The van der Waals surface area contributed by atoms with Crippen LogP contribution in [0, 0.1) is 0 Å². The van der Waals surface area contributed by atoms with Crippen molar-refractivity contribution in [2.75, 3.05) is 24.6 Å². The van der Waals surface area contributed by atoms with E-state index < -0.39 is 0 Å². The molecular formula is C13H17ClN2O2. The van der Waals surface area contributed by atoms with Crippen molar-refractivity contribution >= 4 is 17.4 Å². The number of aromatic nitrogens is 1. The number of anilines is 1. The lowest BCUT2D eigenvalue weighted by Gasteiger charge is -2.36. The zero-order valence-electron chi connectivity index (χ0n) is 10.6. The summed E-state index contributed by atoms with van der Waals surface area (Å²) in [6, 6.07) is 1.90. The van der Waals surface area contributed by atoms with Crippen LogP contribution < -0.4 is 9.64 Å². The van der Waals surface area contributed by atoms with Crippen molar-refractivity contribution in [2.45, 2.75) is 32.5 Å². The molecule has 0 aliphatic carbocycles. The van der Waals surface area contributed by atoms with Crippen LogP contribution in [-0.2, 0) is 11.2 Å². The lowest BCUT2D eigenvalue weighted by Crippen LogP contribution is -2.46. The maximum absolute atomic E-state index is 6.10. The normalized spacial score (nSPS) is 26.9. The van der Waals surface area contributed by atoms with Gasteiger partial charge < -0.3 is 14.4 Å². The van der Waals surface area contributed by atoms with Crippen LogP contribution in [0.15, 0.2) is 6.07 Å². The minimum absolute atomic E-state index is 0.201. The van der Waals surface area contributed by atoms with E-state index in [1.54, 1.807) is 0 Å². The first-order chi connectivity index (χ1) is 8.63. The van der Waals surface area contributed by atoms with E-state index in [1.165, 1.54) is 0 Å². The molecule has 3 rings (SSSR count). The van der Waals surface area contributed by atoms with Crippen LogP contribution in [0.1, 0.15) is 19.4 Å². The maximum atomic E-state index is 6.10. The predicted molar refractivity (Wildman–Crippen MR) is 70.7 cm³/mol. The fourth-order valence-electron chi connectivity index (χ4n) is 2.71. The average Bonchev–Trinajstić information content (AvgIpc) is 2.74. The largest absolute Gasteiger partial charge is 0.489 e. The Labute approximate surface area is 112 Å². The highest BCUT2D eigenvalue weighted by molar-refractivity contribution is 6.29. The van der Waals surface area contributed by atoms with Gasteiger partial charge in [0.25, 0.3) is 0 Å². The summed E-state index contributed by atoms with van der Waals surface area (Å²) in [6.07, 6.45) is 1.32. The second-order valence-corrected chi connectivity index (χ2v) is 5.40. The zero-order valence-corrected chi connectivity index (χ0v) is 11.4. The molecule has 0 amide bonds. The van der Waals surface area contributed by atoms with E-state index in [4.69, 9.17) is 21.1 Å². The van der Waals surface area contributed by atoms with Gasteiger partial charge in [0.05, 0.1) is 18.8 Å². The third-order valence-electron chi connectivity index (χ3n) is 3.34. The Morgan fingerprint density at radius 3 is 2.78 bits per heavy atom. The lowest BCUT2D eigenvalue weighted by atomic mass is 10.2. The predicted octanol–water partition coefficient (Wildman–Crippen LogP) is 2.28. The average molecular weight is 269 g/mol. The number of pyridine rings is 1. The van der Waals surface area contributed by atoms with E-state index in [-0.39, 0.29) is 12.2 Å². The second kappa shape index (κ2) is 4.59. The Hall–Kier alpha value is -1.00. The van der Waals surface area contributed by atoms with E-state index in [0.717, 1.165) is 43.2 Å². The zero-order chi connectivity index (χ0) is 12.7. The summed E-state index contributed by atoms with van der Waals surface area (Å²) in [6.45, 7) is 6.53. The molecule has 4 nitrogen and oxygen atoms in total. The van der Waals surface area contributed by atoms with Crippen LogP contribution in [0.4, 0.5) is 5.82 Å². The Bertz CT molecular complexity index is 457. The van der Waals surface area contributed by atoms with Crippen molar-refractivity contribution < 1.29 is 9.47 Å². The van der Waals surface area contributed by atoms with Crippen LogP contribution in [0.3, 0.4) is 0 Å². The number of nitrogens with zero attached hydrogens (tertiary/aromatic N) is 2. The molecule has 5 heteroatoms. The van der Waals surface area contributed by atoms with Gasteiger partial charge in [-0.2, -0.15) is 0 Å². The molecule has 2 aliphatic heterocycles. The van der Waals surface area contributed by atoms with Crippen molar-refractivity contribution in [1.29, 1.82) is 0 Å². The highest BCUT2D eigenvalue weighted by Gasteiger charge is 2.28. The van der Waals surface area contributed by atoms with Crippen molar-refractivity contribution in [3.8, 4) is 5.75 Å². The quantitative estimate of drug-likeness (QED) is 0.732. The topological polar surface area (TPSA) is 34.6 Å². The Morgan fingerprint density at radius 2 is 2.06 bits per heavy atom. The molecule has 0 saturated carbocycles. The fraction of sp³-hybridized carbons (Fsp3) is 0.615. The SMILES string of the molecule is C[C@@H]1CN(c2nc(Cl)cc3c2OCC3)C[C@H](C)O1. The van der Waals surface area contributed by atoms with E-state index in [2.05, 4.69) is 23.7 Å².